The summed E-state index contributed by atoms with van der Waals surface area (Å²) in [7, 11) is 0. The summed E-state index contributed by atoms with van der Waals surface area (Å²) in [6.45, 7) is 2.46. The van der Waals surface area contributed by atoms with E-state index in [1.54, 1.807) is 6.33 Å². The Labute approximate surface area is 169 Å². The van der Waals surface area contributed by atoms with Crippen LogP contribution >= 0.6 is 0 Å². The minimum atomic E-state index is -0.0185. The van der Waals surface area contributed by atoms with Gasteiger partial charge in [0, 0.05) is 25.8 Å². The van der Waals surface area contributed by atoms with Crippen molar-refractivity contribution in [2.24, 2.45) is 0 Å². The van der Waals surface area contributed by atoms with E-state index in [1.807, 2.05) is 12.3 Å². The molecule has 1 spiro atoms. The number of carbonyl (C=O) groups excluding carboxylic acids is 1. The van der Waals surface area contributed by atoms with E-state index in [2.05, 4.69) is 49.0 Å². The zero-order chi connectivity index (χ0) is 19.4. The number of piperazine rings is 1. The molecule has 6 nitrogen and oxygen atoms in total. The van der Waals surface area contributed by atoms with Crippen molar-refractivity contribution in [2.75, 3.05) is 24.5 Å². The molecular weight excluding hydrogens is 362 g/mol. The van der Waals surface area contributed by atoms with Crippen LogP contribution in [0.3, 0.4) is 0 Å². The summed E-state index contributed by atoms with van der Waals surface area (Å²) in [6, 6.07) is 10.6. The number of benzene rings is 1. The second-order valence-electron chi connectivity index (χ2n) is 8.72. The fourth-order valence-corrected chi connectivity index (χ4v) is 5.38. The first-order valence-electron chi connectivity index (χ1n) is 10.7. The van der Waals surface area contributed by atoms with Crippen LogP contribution in [0.2, 0.25) is 0 Å². The van der Waals surface area contributed by atoms with Crippen molar-refractivity contribution in [1.82, 2.24) is 19.9 Å². The smallest absolute Gasteiger partial charge is 0.230 e. The third kappa shape index (κ3) is 2.65. The predicted octanol–water partition coefficient (Wildman–Crippen LogP) is 3.26. The van der Waals surface area contributed by atoms with Crippen LogP contribution in [0, 0.1) is 0 Å². The molecule has 0 unspecified atom stereocenters. The van der Waals surface area contributed by atoms with Crippen molar-refractivity contribution in [3.63, 3.8) is 0 Å². The zero-order valence-electron chi connectivity index (χ0n) is 16.5. The normalized spacial score (nSPS) is 22.7. The van der Waals surface area contributed by atoms with Crippen molar-refractivity contribution in [3.8, 4) is 0 Å². The van der Waals surface area contributed by atoms with E-state index in [0.29, 0.717) is 5.91 Å². The molecule has 6 rings (SSSR count). The maximum absolute atomic E-state index is 13.7. The number of hydrogen-bond donors (Lipinski definition) is 1. The maximum atomic E-state index is 13.7. The van der Waals surface area contributed by atoms with Crippen LogP contribution in [0.15, 0.2) is 42.9 Å². The molecule has 3 heterocycles. The summed E-state index contributed by atoms with van der Waals surface area (Å²) in [5.41, 5.74) is 3.47. The summed E-state index contributed by atoms with van der Waals surface area (Å²) in [6.07, 6.45) is 8.89. The SMILES string of the molecule is O=C([C@@H]1CCCc2ccccc21)N1CCN(c2ncnc3[nH]ccc23)CC12CC2. The Morgan fingerprint density at radius 2 is 2.03 bits per heavy atom. The Morgan fingerprint density at radius 3 is 2.93 bits per heavy atom. The molecule has 1 aromatic carbocycles. The van der Waals surface area contributed by atoms with E-state index < -0.39 is 0 Å². The van der Waals surface area contributed by atoms with Crippen molar-refractivity contribution in [3.05, 3.63) is 54.0 Å². The Balaban J connectivity index is 1.28. The molecule has 148 valence electrons. The van der Waals surface area contributed by atoms with E-state index in [4.69, 9.17) is 0 Å². The van der Waals surface area contributed by atoms with Crippen LogP contribution in [0.4, 0.5) is 5.82 Å². The van der Waals surface area contributed by atoms with Crippen LogP contribution in [0.1, 0.15) is 42.7 Å². The molecule has 1 saturated heterocycles. The Hall–Kier alpha value is -2.89. The zero-order valence-corrected chi connectivity index (χ0v) is 16.5. The average Bonchev–Trinajstić information content (AvgIpc) is 3.34. The minimum Gasteiger partial charge on any atom is -0.352 e. The molecule has 1 atom stereocenters. The monoisotopic (exact) mass is 387 g/mol. The van der Waals surface area contributed by atoms with E-state index in [0.717, 1.165) is 68.6 Å². The highest BCUT2D eigenvalue weighted by atomic mass is 16.2. The van der Waals surface area contributed by atoms with E-state index in [9.17, 15) is 4.79 Å². The number of carbonyl (C=O) groups is 1. The quantitative estimate of drug-likeness (QED) is 0.733. The molecule has 1 amide bonds. The summed E-state index contributed by atoms with van der Waals surface area (Å²) in [4.78, 5) is 30.3. The lowest BCUT2D eigenvalue weighted by molar-refractivity contribution is -0.137. The van der Waals surface area contributed by atoms with Gasteiger partial charge in [0.05, 0.1) is 16.8 Å². The third-order valence-electron chi connectivity index (χ3n) is 7.04. The fourth-order valence-electron chi connectivity index (χ4n) is 5.38. The van der Waals surface area contributed by atoms with Crippen LogP contribution in [0.5, 0.6) is 0 Å². The lowest BCUT2D eigenvalue weighted by atomic mass is 9.81. The Morgan fingerprint density at radius 1 is 1.14 bits per heavy atom. The first-order chi connectivity index (χ1) is 14.3. The molecule has 29 heavy (non-hydrogen) atoms. The highest BCUT2D eigenvalue weighted by molar-refractivity contribution is 5.88. The van der Waals surface area contributed by atoms with E-state index in [-0.39, 0.29) is 11.5 Å². The number of aromatic nitrogens is 3. The molecule has 3 aromatic rings. The standard InChI is InChI=1S/C23H25N5O/c29-22(18-7-3-5-16-4-1-2-6-17(16)18)28-13-12-27(14-23(28)9-10-23)21-19-8-11-24-20(19)25-15-26-21/h1-2,4,6,8,11,15,18H,3,5,7,9-10,12-14H2,(H,24,25,26)/t18-/m1/s1. The van der Waals surface area contributed by atoms with Crippen molar-refractivity contribution in [2.45, 2.75) is 43.6 Å². The first kappa shape index (κ1) is 17.0. The summed E-state index contributed by atoms with van der Waals surface area (Å²) in [5, 5.41) is 1.06. The van der Waals surface area contributed by atoms with E-state index >= 15 is 0 Å². The van der Waals surface area contributed by atoms with Crippen molar-refractivity contribution < 1.29 is 4.79 Å². The van der Waals surface area contributed by atoms with Gasteiger partial charge in [0.15, 0.2) is 0 Å². The van der Waals surface area contributed by atoms with Gasteiger partial charge in [-0.15, -0.1) is 0 Å². The van der Waals surface area contributed by atoms with Gasteiger partial charge < -0.3 is 14.8 Å². The number of amides is 1. The van der Waals surface area contributed by atoms with Gasteiger partial charge in [-0.2, -0.15) is 0 Å². The summed E-state index contributed by atoms with van der Waals surface area (Å²) >= 11 is 0. The van der Waals surface area contributed by atoms with Gasteiger partial charge in [-0.1, -0.05) is 24.3 Å². The predicted molar refractivity (Wildman–Crippen MR) is 112 cm³/mol. The van der Waals surface area contributed by atoms with Gasteiger partial charge in [-0.25, -0.2) is 9.97 Å². The van der Waals surface area contributed by atoms with Gasteiger partial charge >= 0.3 is 0 Å². The van der Waals surface area contributed by atoms with Gasteiger partial charge in [-0.3, -0.25) is 4.79 Å². The second kappa shape index (κ2) is 6.31. The van der Waals surface area contributed by atoms with Gasteiger partial charge in [0.1, 0.15) is 17.8 Å². The highest BCUT2D eigenvalue weighted by Crippen LogP contribution is 2.47. The number of aryl methyl sites for hydroxylation is 1. The molecule has 0 bridgehead atoms. The number of hydrogen-bond acceptors (Lipinski definition) is 4. The highest BCUT2D eigenvalue weighted by Gasteiger charge is 2.54. The molecule has 2 aromatic heterocycles. The minimum absolute atomic E-state index is 0.0185. The summed E-state index contributed by atoms with van der Waals surface area (Å²) in [5.74, 6) is 1.35. The topological polar surface area (TPSA) is 65.1 Å². The fraction of sp³-hybridized carbons (Fsp3) is 0.435. The number of nitrogens with one attached hydrogen (secondary N) is 1. The second-order valence-corrected chi connectivity index (χ2v) is 8.72. The Bertz CT molecular complexity index is 1090. The van der Waals surface area contributed by atoms with Crippen LogP contribution < -0.4 is 4.90 Å². The molecule has 1 aliphatic heterocycles. The number of anilines is 1. The molecule has 2 aliphatic carbocycles. The van der Waals surface area contributed by atoms with Gasteiger partial charge in [0.2, 0.25) is 5.91 Å². The molecule has 2 fully saturated rings. The maximum Gasteiger partial charge on any atom is 0.230 e. The lowest BCUT2D eigenvalue weighted by Gasteiger charge is -2.44. The Kier molecular flexibility index (Phi) is 3.70. The molecule has 1 N–H and O–H groups in total. The summed E-state index contributed by atoms with van der Waals surface area (Å²) < 4.78 is 0. The largest absolute Gasteiger partial charge is 0.352 e. The number of aromatic amines is 1. The van der Waals surface area contributed by atoms with Crippen LogP contribution in [-0.2, 0) is 11.2 Å². The van der Waals surface area contributed by atoms with Crippen LogP contribution in [-0.4, -0.2) is 50.9 Å². The third-order valence-corrected chi connectivity index (χ3v) is 7.04. The lowest BCUT2D eigenvalue weighted by Crippen LogP contribution is -2.58. The number of fused-ring (bicyclic) bond motifs is 2. The average molecular weight is 387 g/mol. The number of nitrogens with zero attached hydrogens (tertiary/aromatic N) is 4. The number of H-pyrrole nitrogens is 1. The molecule has 0 radical (unpaired) electrons. The van der Waals surface area contributed by atoms with Crippen molar-refractivity contribution in [1.29, 1.82) is 0 Å². The van der Waals surface area contributed by atoms with Gasteiger partial charge in [0.25, 0.3) is 0 Å². The van der Waals surface area contributed by atoms with Crippen LogP contribution in [0.25, 0.3) is 11.0 Å². The van der Waals surface area contributed by atoms with E-state index in [1.165, 1.54) is 11.1 Å². The molecule has 6 heteroatoms. The number of rotatable bonds is 2. The first-order valence-corrected chi connectivity index (χ1v) is 10.7. The van der Waals surface area contributed by atoms with Gasteiger partial charge in [-0.05, 0) is 49.3 Å². The molecule has 1 saturated carbocycles. The van der Waals surface area contributed by atoms with Crippen molar-refractivity contribution >= 4 is 22.8 Å². The molecular formula is C23H25N5O. The molecule has 3 aliphatic rings.